The van der Waals surface area contributed by atoms with E-state index < -0.39 is 38.7 Å². The van der Waals surface area contributed by atoms with Gasteiger partial charge in [-0.2, -0.15) is 0 Å². The molecule has 0 radical (unpaired) electrons. The van der Waals surface area contributed by atoms with E-state index in [4.69, 9.17) is 23.2 Å². The number of carbonyl (C=O) groups excluding carboxylic acids is 1. The Morgan fingerprint density at radius 2 is 1.50 bits per heavy atom. The van der Waals surface area contributed by atoms with Crippen LogP contribution in [0.5, 0.6) is 0 Å². The van der Waals surface area contributed by atoms with Crippen molar-refractivity contribution in [2.45, 2.75) is 16.2 Å². The molecule has 1 atom stereocenters. The van der Waals surface area contributed by atoms with Crippen LogP contribution in [0.3, 0.4) is 0 Å². The van der Waals surface area contributed by atoms with Gasteiger partial charge in [-0.05, 0) is 17.7 Å². The topological polar surface area (TPSA) is 54.4 Å². The number of halogens is 4. The van der Waals surface area contributed by atoms with Gasteiger partial charge in [0.05, 0.1) is 5.56 Å². The highest BCUT2D eigenvalue weighted by molar-refractivity contribution is 6.54. The van der Waals surface area contributed by atoms with E-state index in [1.165, 1.54) is 24.3 Å². The van der Waals surface area contributed by atoms with Crippen molar-refractivity contribution in [2.75, 3.05) is 0 Å². The predicted octanol–water partition coefficient (Wildman–Crippen LogP) is 4.10. The molecule has 0 bridgehead atoms. The van der Waals surface area contributed by atoms with Crippen molar-refractivity contribution in [1.82, 2.24) is 0 Å². The first-order valence-corrected chi connectivity index (χ1v) is 7.67. The summed E-state index contributed by atoms with van der Waals surface area (Å²) in [7, 11) is 0. The molecule has 0 amide bonds. The zero-order chi connectivity index (χ0) is 17.7. The van der Waals surface area contributed by atoms with Crippen LogP contribution < -0.4 is 0 Å². The van der Waals surface area contributed by atoms with E-state index in [2.05, 4.69) is 0 Å². The Bertz CT molecular complexity index is 829. The molecular weight excluding hydrogens is 361 g/mol. The Morgan fingerprint density at radius 3 is 1.92 bits per heavy atom. The summed E-state index contributed by atoms with van der Waals surface area (Å²) in [6.07, 6.45) is 0.0354. The van der Waals surface area contributed by atoms with Crippen molar-refractivity contribution in [3.05, 3.63) is 70.8 Å². The zero-order valence-electron chi connectivity index (χ0n) is 12.0. The summed E-state index contributed by atoms with van der Waals surface area (Å²) in [6.45, 7) is 0. The number of carbonyl (C=O) groups is 2. The van der Waals surface area contributed by atoms with E-state index in [9.17, 15) is 23.5 Å². The van der Waals surface area contributed by atoms with E-state index in [1.807, 2.05) is 0 Å². The molecule has 124 valence electrons. The van der Waals surface area contributed by atoms with Crippen LogP contribution in [0.1, 0.15) is 27.9 Å². The minimum Gasteiger partial charge on any atom is -0.480 e. The third kappa shape index (κ3) is 2.39. The fraction of sp³-hybridized carbons (Fsp3) is 0.176. The summed E-state index contributed by atoms with van der Waals surface area (Å²) >= 11 is 11.9. The van der Waals surface area contributed by atoms with Crippen molar-refractivity contribution in [3.8, 4) is 0 Å². The molecular formula is C17H10Cl2F2O3. The number of alkyl halides is 2. The van der Waals surface area contributed by atoms with Gasteiger partial charge in [-0.15, -0.1) is 0 Å². The summed E-state index contributed by atoms with van der Waals surface area (Å²) < 4.78 is 26.0. The molecule has 3 rings (SSSR count). The van der Waals surface area contributed by atoms with Gasteiger partial charge in [0.2, 0.25) is 0 Å². The standard InChI is InChI=1S/C17H10Cl2F2O3/c18-17(19)8-16(17,15(23)24)10-6-4-9(5-7-10)14(22)13-11(20)2-1-3-12(13)21/h1-7H,8H2,(H,23,24). The lowest BCUT2D eigenvalue weighted by Crippen LogP contribution is -2.26. The number of benzene rings is 2. The van der Waals surface area contributed by atoms with Gasteiger partial charge in [0, 0.05) is 12.0 Å². The number of carboxylic acids is 1. The highest BCUT2D eigenvalue weighted by Crippen LogP contribution is 2.64. The summed E-state index contributed by atoms with van der Waals surface area (Å²) in [5, 5.41) is 9.39. The predicted molar refractivity (Wildman–Crippen MR) is 84.6 cm³/mol. The summed E-state index contributed by atoms with van der Waals surface area (Å²) in [5.74, 6) is -3.94. The van der Waals surface area contributed by atoms with Crippen LogP contribution in [0.15, 0.2) is 42.5 Å². The van der Waals surface area contributed by atoms with Crippen LogP contribution in [-0.4, -0.2) is 21.2 Å². The van der Waals surface area contributed by atoms with Crippen LogP contribution in [0.4, 0.5) is 8.78 Å². The minimum atomic E-state index is -1.44. The highest BCUT2D eigenvalue weighted by atomic mass is 35.5. The van der Waals surface area contributed by atoms with E-state index >= 15 is 0 Å². The second kappa shape index (κ2) is 5.53. The van der Waals surface area contributed by atoms with Crippen LogP contribution in [0.2, 0.25) is 0 Å². The first kappa shape index (κ1) is 16.9. The quantitative estimate of drug-likeness (QED) is 0.651. The third-order valence-corrected chi connectivity index (χ3v) is 5.09. The van der Waals surface area contributed by atoms with Crippen molar-refractivity contribution in [2.24, 2.45) is 0 Å². The SMILES string of the molecule is O=C(c1ccc(C2(C(=O)O)CC2(Cl)Cl)cc1)c1c(F)cccc1F. The molecule has 1 saturated carbocycles. The van der Waals surface area contributed by atoms with Gasteiger partial charge in [0.25, 0.3) is 0 Å². The van der Waals surface area contributed by atoms with Gasteiger partial charge in [-0.3, -0.25) is 9.59 Å². The van der Waals surface area contributed by atoms with E-state index in [0.29, 0.717) is 5.56 Å². The molecule has 1 aliphatic carbocycles. The van der Waals surface area contributed by atoms with E-state index in [-0.39, 0.29) is 12.0 Å². The molecule has 0 heterocycles. The average molecular weight is 371 g/mol. The van der Waals surface area contributed by atoms with Gasteiger partial charge >= 0.3 is 5.97 Å². The number of hydrogen-bond donors (Lipinski definition) is 1. The molecule has 1 N–H and O–H groups in total. The Morgan fingerprint density at radius 1 is 1.00 bits per heavy atom. The molecule has 1 aliphatic rings. The first-order valence-electron chi connectivity index (χ1n) is 6.91. The van der Waals surface area contributed by atoms with Gasteiger partial charge in [0.1, 0.15) is 21.4 Å². The molecule has 24 heavy (non-hydrogen) atoms. The first-order chi connectivity index (χ1) is 11.2. The molecule has 0 saturated heterocycles. The summed E-state index contributed by atoms with van der Waals surface area (Å²) in [5.41, 5.74) is -1.75. The van der Waals surface area contributed by atoms with E-state index in [0.717, 1.165) is 18.2 Å². The van der Waals surface area contributed by atoms with Crippen LogP contribution in [-0.2, 0) is 10.2 Å². The summed E-state index contributed by atoms with van der Waals surface area (Å²) in [4.78, 5) is 23.8. The molecule has 0 aromatic heterocycles. The third-order valence-electron chi connectivity index (χ3n) is 4.18. The Hall–Kier alpha value is -1.98. The number of aliphatic carboxylic acids is 1. The van der Waals surface area contributed by atoms with Crippen molar-refractivity contribution in [3.63, 3.8) is 0 Å². The Kier molecular flexibility index (Phi) is 3.89. The fourth-order valence-corrected chi connectivity index (χ4v) is 3.50. The number of carboxylic acid groups (broad SMARTS) is 1. The van der Waals surface area contributed by atoms with Gasteiger partial charge in [0.15, 0.2) is 5.78 Å². The minimum absolute atomic E-state index is 0.0266. The maximum absolute atomic E-state index is 13.7. The normalized spacial score (nSPS) is 21.3. The lowest BCUT2D eigenvalue weighted by Gasteiger charge is -2.14. The van der Waals surface area contributed by atoms with E-state index in [1.54, 1.807) is 0 Å². The lowest BCUT2D eigenvalue weighted by atomic mass is 9.93. The van der Waals surface area contributed by atoms with Gasteiger partial charge in [-0.1, -0.05) is 53.5 Å². The van der Waals surface area contributed by atoms with Gasteiger partial charge < -0.3 is 5.11 Å². The Labute approximate surface area is 145 Å². The zero-order valence-corrected chi connectivity index (χ0v) is 13.5. The molecule has 3 nitrogen and oxygen atoms in total. The monoisotopic (exact) mass is 370 g/mol. The maximum Gasteiger partial charge on any atom is 0.317 e. The maximum atomic E-state index is 13.7. The van der Waals surface area contributed by atoms with Crippen LogP contribution in [0.25, 0.3) is 0 Å². The van der Waals surface area contributed by atoms with Gasteiger partial charge in [-0.25, -0.2) is 8.78 Å². The molecule has 2 aromatic rings. The van der Waals surface area contributed by atoms with Crippen molar-refractivity contribution in [1.29, 1.82) is 0 Å². The number of ketones is 1. The molecule has 7 heteroatoms. The lowest BCUT2D eigenvalue weighted by molar-refractivity contribution is -0.140. The fourth-order valence-electron chi connectivity index (χ4n) is 2.72. The molecule has 0 spiro atoms. The largest absolute Gasteiger partial charge is 0.480 e. The van der Waals surface area contributed by atoms with Crippen LogP contribution >= 0.6 is 23.2 Å². The number of rotatable bonds is 4. The van der Waals surface area contributed by atoms with Crippen LogP contribution in [0, 0.1) is 11.6 Å². The molecule has 0 aliphatic heterocycles. The molecule has 2 aromatic carbocycles. The van der Waals surface area contributed by atoms with Crippen molar-refractivity contribution >= 4 is 35.0 Å². The number of hydrogen-bond acceptors (Lipinski definition) is 2. The molecule has 1 fully saturated rings. The molecule has 1 unspecified atom stereocenters. The smallest absolute Gasteiger partial charge is 0.317 e. The summed E-state index contributed by atoms with van der Waals surface area (Å²) in [6, 6.07) is 8.51. The van der Waals surface area contributed by atoms with Crippen molar-refractivity contribution < 1.29 is 23.5 Å². The second-order valence-corrected chi connectivity index (χ2v) is 7.08. The Balaban J connectivity index is 1.96. The average Bonchev–Trinajstić information content (AvgIpc) is 3.11. The second-order valence-electron chi connectivity index (χ2n) is 5.59. The highest BCUT2D eigenvalue weighted by Gasteiger charge is 2.72.